The molecule has 2 aromatic rings. The third kappa shape index (κ3) is 3.86. The number of ketones is 1. The molecule has 5 nitrogen and oxygen atoms in total. The van der Waals surface area contributed by atoms with Crippen molar-refractivity contribution in [2.45, 2.75) is 45.6 Å². The van der Waals surface area contributed by atoms with Gasteiger partial charge in [0.25, 0.3) is 5.91 Å². The third-order valence-corrected chi connectivity index (χ3v) is 6.16. The third-order valence-electron chi connectivity index (χ3n) is 6.16. The summed E-state index contributed by atoms with van der Waals surface area (Å²) in [5.74, 6) is 1.53. The number of piperidine rings is 1. The first-order valence-corrected chi connectivity index (χ1v) is 10.2. The van der Waals surface area contributed by atoms with E-state index in [1.807, 2.05) is 62.1 Å². The molecular weight excluding hydrogens is 366 g/mol. The van der Waals surface area contributed by atoms with Crippen LogP contribution in [0.2, 0.25) is 0 Å². The van der Waals surface area contributed by atoms with E-state index in [-0.39, 0.29) is 18.3 Å². The number of nitrogens with zero attached hydrogens (tertiary/aromatic N) is 1. The summed E-state index contributed by atoms with van der Waals surface area (Å²) in [6.07, 6.45) is 1.69. The number of hydrogen-bond donors (Lipinski definition) is 0. The van der Waals surface area contributed by atoms with Gasteiger partial charge in [0.05, 0.1) is 12.0 Å². The standard InChI is InChI=1S/C24H27NO4/c1-16-5-4-6-19(13-16)28-15-22(27)25-11-9-24(10-12-25)14-21(26)20-8-7-17(2)18(3)23(20)29-24/h4-8,13H,9-12,14-15H2,1-3H3. The van der Waals surface area contributed by atoms with Gasteiger partial charge in [0.1, 0.15) is 17.1 Å². The predicted molar refractivity (Wildman–Crippen MR) is 111 cm³/mol. The fourth-order valence-corrected chi connectivity index (χ4v) is 4.17. The molecule has 4 rings (SSSR count). The molecule has 0 aromatic heterocycles. The van der Waals surface area contributed by atoms with Gasteiger partial charge in [-0.2, -0.15) is 0 Å². The highest BCUT2D eigenvalue weighted by Gasteiger charge is 2.44. The van der Waals surface area contributed by atoms with Crippen LogP contribution in [0.1, 0.15) is 46.3 Å². The summed E-state index contributed by atoms with van der Waals surface area (Å²) in [4.78, 5) is 27.1. The summed E-state index contributed by atoms with van der Waals surface area (Å²) in [7, 11) is 0. The van der Waals surface area contributed by atoms with Gasteiger partial charge in [0.2, 0.25) is 0 Å². The highest BCUT2D eigenvalue weighted by Crippen LogP contribution is 2.41. The van der Waals surface area contributed by atoms with Crippen molar-refractivity contribution < 1.29 is 19.1 Å². The molecule has 0 bridgehead atoms. The second-order valence-electron chi connectivity index (χ2n) is 8.26. The number of fused-ring (bicyclic) bond motifs is 1. The minimum atomic E-state index is -0.503. The largest absolute Gasteiger partial charge is 0.486 e. The van der Waals surface area contributed by atoms with Gasteiger partial charge >= 0.3 is 0 Å². The SMILES string of the molecule is Cc1cccc(OCC(=O)N2CCC3(CC2)CC(=O)c2ccc(C)c(C)c2O3)c1. The van der Waals surface area contributed by atoms with E-state index in [9.17, 15) is 9.59 Å². The molecule has 0 unspecified atom stereocenters. The van der Waals surface area contributed by atoms with Crippen molar-refractivity contribution in [2.75, 3.05) is 19.7 Å². The highest BCUT2D eigenvalue weighted by molar-refractivity contribution is 6.01. The molecule has 1 fully saturated rings. The molecule has 0 aliphatic carbocycles. The topological polar surface area (TPSA) is 55.8 Å². The van der Waals surface area contributed by atoms with Gasteiger partial charge in [0.15, 0.2) is 12.4 Å². The summed E-state index contributed by atoms with van der Waals surface area (Å²) in [5, 5.41) is 0. The Morgan fingerprint density at radius 2 is 1.90 bits per heavy atom. The van der Waals surface area contributed by atoms with Gasteiger partial charge in [-0.15, -0.1) is 0 Å². The lowest BCUT2D eigenvalue weighted by atomic mass is 9.81. The van der Waals surface area contributed by atoms with Crippen LogP contribution in [0.5, 0.6) is 11.5 Å². The zero-order chi connectivity index (χ0) is 20.6. The zero-order valence-corrected chi connectivity index (χ0v) is 17.3. The van der Waals surface area contributed by atoms with Gasteiger partial charge in [-0.1, -0.05) is 18.2 Å². The number of amides is 1. The minimum Gasteiger partial charge on any atom is -0.486 e. The fourth-order valence-electron chi connectivity index (χ4n) is 4.17. The van der Waals surface area contributed by atoms with Crippen LogP contribution in [-0.4, -0.2) is 41.9 Å². The Kier molecular flexibility index (Phi) is 5.07. The van der Waals surface area contributed by atoms with E-state index < -0.39 is 5.60 Å². The maximum atomic E-state index is 12.7. The fraction of sp³-hybridized carbons (Fsp3) is 0.417. The van der Waals surface area contributed by atoms with Gasteiger partial charge in [-0.05, 0) is 55.7 Å². The number of Topliss-reactive ketones (excluding diaryl/α,β-unsaturated/α-hetero) is 1. The first-order chi connectivity index (χ1) is 13.9. The van der Waals surface area contributed by atoms with E-state index in [1.165, 1.54) is 0 Å². The lowest BCUT2D eigenvalue weighted by Crippen LogP contribution is -2.53. The van der Waals surface area contributed by atoms with Crippen LogP contribution in [0.15, 0.2) is 36.4 Å². The van der Waals surface area contributed by atoms with Crippen LogP contribution in [0, 0.1) is 20.8 Å². The van der Waals surface area contributed by atoms with Crippen molar-refractivity contribution in [3.8, 4) is 11.5 Å². The number of likely N-dealkylation sites (tertiary alicyclic amines) is 1. The number of hydrogen-bond acceptors (Lipinski definition) is 4. The lowest BCUT2D eigenvalue weighted by Gasteiger charge is -2.44. The Morgan fingerprint density at radius 1 is 1.14 bits per heavy atom. The van der Waals surface area contributed by atoms with Gasteiger partial charge < -0.3 is 14.4 Å². The van der Waals surface area contributed by atoms with E-state index >= 15 is 0 Å². The van der Waals surface area contributed by atoms with Crippen molar-refractivity contribution in [2.24, 2.45) is 0 Å². The smallest absolute Gasteiger partial charge is 0.260 e. The Bertz CT molecular complexity index is 957. The summed E-state index contributed by atoms with van der Waals surface area (Å²) >= 11 is 0. The van der Waals surface area contributed by atoms with E-state index in [2.05, 4.69) is 0 Å². The molecule has 2 aliphatic rings. The monoisotopic (exact) mass is 393 g/mol. The molecule has 0 saturated carbocycles. The quantitative estimate of drug-likeness (QED) is 0.790. The first-order valence-electron chi connectivity index (χ1n) is 10.2. The molecule has 1 spiro atoms. The Hall–Kier alpha value is -2.82. The molecule has 0 N–H and O–H groups in total. The summed E-state index contributed by atoms with van der Waals surface area (Å²) in [5.41, 5.74) is 3.43. The number of carbonyl (C=O) groups excluding carboxylic acids is 2. The lowest BCUT2D eigenvalue weighted by molar-refractivity contribution is -0.136. The summed E-state index contributed by atoms with van der Waals surface area (Å²) in [6.45, 7) is 7.19. The average molecular weight is 393 g/mol. The van der Waals surface area contributed by atoms with Crippen molar-refractivity contribution in [1.82, 2.24) is 4.90 Å². The Morgan fingerprint density at radius 3 is 2.62 bits per heavy atom. The van der Waals surface area contributed by atoms with Crippen LogP contribution >= 0.6 is 0 Å². The molecule has 2 aromatic carbocycles. The maximum Gasteiger partial charge on any atom is 0.260 e. The van der Waals surface area contributed by atoms with Crippen LogP contribution in [0.3, 0.4) is 0 Å². The summed E-state index contributed by atoms with van der Waals surface area (Å²) < 4.78 is 12.1. The van der Waals surface area contributed by atoms with Crippen molar-refractivity contribution in [1.29, 1.82) is 0 Å². The van der Waals surface area contributed by atoms with E-state index in [1.54, 1.807) is 0 Å². The van der Waals surface area contributed by atoms with E-state index in [0.717, 1.165) is 22.4 Å². The second kappa shape index (κ2) is 7.54. The molecule has 29 heavy (non-hydrogen) atoms. The van der Waals surface area contributed by atoms with Crippen LogP contribution in [-0.2, 0) is 4.79 Å². The number of benzene rings is 2. The van der Waals surface area contributed by atoms with Crippen LogP contribution < -0.4 is 9.47 Å². The molecule has 1 amide bonds. The number of carbonyl (C=O) groups is 2. The predicted octanol–water partition coefficient (Wildman–Crippen LogP) is 4.02. The molecular formula is C24H27NO4. The molecule has 0 radical (unpaired) electrons. The zero-order valence-electron chi connectivity index (χ0n) is 17.3. The Balaban J connectivity index is 1.39. The van der Waals surface area contributed by atoms with Crippen LogP contribution in [0.4, 0.5) is 0 Å². The van der Waals surface area contributed by atoms with E-state index in [0.29, 0.717) is 43.7 Å². The second-order valence-corrected chi connectivity index (χ2v) is 8.26. The van der Waals surface area contributed by atoms with Gasteiger partial charge in [-0.25, -0.2) is 0 Å². The van der Waals surface area contributed by atoms with Crippen molar-refractivity contribution in [3.63, 3.8) is 0 Å². The Labute approximate surface area is 171 Å². The molecule has 1 saturated heterocycles. The first kappa shape index (κ1) is 19.5. The molecule has 5 heteroatoms. The van der Waals surface area contributed by atoms with Gasteiger partial charge in [-0.3, -0.25) is 9.59 Å². The maximum absolute atomic E-state index is 12.7. The van der Waals surface area contributed by atoms with E-state index in [4.69, 9.17) is 9.47 Å². The summed E-state index contributed by atoms with van der Waals surface area (Å²) in [6, 6.07) is 11.5. The van der Waals surface area contributed by atoms with Crippen molar-refractivity contribution in [3.05, 3.63) is 58.7 Å². The minimum absolute atomic E-state index is 0.0252. The highest BCUT2D eigenvalue weighted by atomic mass is 16.5. The average Bonchev–Trinajstić information content (AvgIpc) is 2.70. The molecule has 2 heterocycles. The number of aryl methyl sites for hydroxylation is 2. The van der Waals surface area contributed by atoms with Crippen LogP contribution in [0.25, 0.3) is 0 Å². The van der Waals surface area contributed by atoms with Crippen molar-refractivity contribution >= 4 is 11.7 Å². The normalized spacial score (nSPS) is 17.6. The molecule has 0 atom stereocenters. The number of ether oxygens (including phenoxy) is 2. The number of rotatable bonds is 3. The molecule has 2 aliphatic heterocycles. The molecule has 152 valence electrons. The van der Waals surface area contributed by atoms with Gasteiger partial charge in [0, 0.05) is 25.9 Å².